The van der Waals surface area contributed by atoms with Crippen molar-refractivity contribution in [2.75, 3.05) is 60.5 Å². The fourth-order valence-electron chi connectivity index (χ4n) is 3.38. The number of rotatable bonds is 6. The first-order chi connectivity index (χ1) is 14.1. The van der Waals surface area contributed by atoms with Gasteiger partial charge in [-0.1, -0.05) is 17.7 Å². The first-order valence-electron chi connectivity index (χ1n) is 9.71. The molecule has 1 aliphatic heterocycles. The Morgan fingerprint density at radius 3 is 2.33 bits per heavy atom. The maximum Gasteiger partial charge on any atom is 0.245 e. The summed E-state index contributed by atoms with van der Waals surface area (Å²) in [7, 11) is -1.56. The minimum Gasteiger partial charge on any atom is -0.369 e. The molecule has 1 amide bonds. The lowest BCUT2D eigenvalue weighted by atomic mass is 10.2. The van der Waals surface area contributed by atoms with Crippen molar-refractivity contribution in [3.8, 4) is 0 Å². The van der Waals surface area contributed by atoms with Crippen LogP contribution in [0.1, 0.15) is 5.56 Å². The molecule has 0 atom stereocenters. The van der Waals surface area contributed by atoms with Gasteiger partial charge >= 0.3 is 0 Å². The molecule has 9 heteroatoms. The molecule has 0 aliphatic carbocycles. The van der Waals surface area contributed by atoms with Crippen LogP contribution in [0.15, 0.2) is 42.5 Å². The van der Waals surface area contributed by atoms with Crippen LogP contribution in [0, 0.1) is 6.92 Å². The average Bonchev–Trinajstić information content (AvgIpc) is 2.69. The largest absolute Gasteiger partial charge is 0.369 e. The van der Waals surface area contributed by atoms with Crippen LogP contribution in [0.3, 0.4) is 0 Å². The zero-order valence-corrected chi connectivity index (χ0v) is 19.0. The molecule has 0 aromatic heterocycles. The number of hydrogen-bond donors (Lipinski definition) is 1. The molecule has 30 heavy (non-hydrogen) atoms. The standard InChI is InChI=1S/C21H27ClN4O3S/c1-16-4-5-17(22)14-20(16)26(30(3,28)29)15-21(27)23-18-6-8-19(9-7-18)25-12-10-24(2)11-13-25/h4-9,14H,10-13,15H2,1-3H3,(H,23,27). The molecule has 1 aliphatic rings. The molecule has 1 saturated heterocycles. The lowest BCUT2D eigenvalue weighted by Gasteiger charge is -2.34. The van der Waals surface area contributed by atoms with E-state index in [1.807, 2.05) is 24.3 Å². The van der Waals surface area contributed by atoms with Crippen molar-refractivity contribution in [2.24, 2.45) is 0 Å². The fourth-order valence-corrected chi connectivity index (χ4v) is 4.46. The van der Waals surface area contributed by atoms with E-state index in [1.165, 1.54) is 0 Å². The van der Waals surface area contributed by atoms with Gasteiger partial charge in [0.15, 0.2) is 0 Å². The van der Waals surface area contributed by atoms with Crippen molar-refractivity contribution in [3.63, 3.8) is 0 Å². The monoisotopic (exact) mass is 450 g/mol. The van der Waals surface area contributed by atoms with Crippen LogP contribution in [-0.2, 0) is 14.8 Å². The van der Waals surface area contributed by atoms with E-state index in [4.69, 9.17) is 11.6 Å². The van der Waals surface area contributed by atoms with Crippen molar-refractivity contribution in [1.82, 2.24) is 4.90 Å². The number of anilines is 3. The first-order valence-corrected chi connectivity index (χ1v) is 11.9. The van der Waals surface area contributed by atoms with Crippen LogP contribution in [0.5, 0.6) is 0 Å². The Hall–Kier alpha value is -2.29. The van der Waals surface area contributed by atoms with E-state index < -0.39 is 15.9 Å². The number of nitrogens with zero attached hydrogens (tertiary/aromatic N) is 3. The smallest absolute Gasteiger partial charge is 0.245 e. The van der Waals surface area contributed by atoms with E-state index in [1.54, 1.807) is 25.1 Å². The van der Waals surface area contributed by atoms with Crippen LogP contribution < -0.4 is 14.5 Å². The topological polar surface area (TPSA) is 73.0 Å². The van der Waals surface area contributed by atoms with E-state index in [-0.39, 0.29) is 6.54 Å². The van der Waals surface area contributed by atoms with Crippen molar-refractivity contribution in [1.29, 1.82) is 0 Å². The minimum absolute atomic E-state index is 0.333. The van der Waals surface area contributed by atoms with Crippen molar-refractivity contribution in [2.45, 2.75) is 6.92 Å². The minimum atomic E-state index is -3.67. The van der Waals surface area contributed by atoms with Crippen molar-refractivity contribution >= 4 is 44.6 Å². The highest BCUT2D eigenvalue weighted by Crippen LogP contribution is 2.26. The predicted octanol–water partition coefficient (Wildman–Crippen LogP) is 2.80. The molecule has 0 unspecified atom stereocenters. The fraction of sp³-hybridized carbons (Fsp3) is 0.381. The molecule has 0 saturated carbocycles. The van der Waals surface area contributed by atoms with Crippen LogP contribution in [0.2, 0.25) is 5.02 Å². The number of piperazine rings is 1. The second-order valence-electron chi connectivity index (χ2n) is 7.59. The second-order valence-corrected chi connectivity index (χ2v) is 9.93. The first kappa shape index (κ1) is 22.4. The quantitative estimate of drug-likeness (QED) is 0.732. The Morgan fingerprint density at radius 1 is 1.10 bits per heavy atom. The highest BCUT2D eigenvalue weighted by Gasteiger charge is 2.23. The van der Waals surface area contributed by atoms with Gasteiger partial charge in [0.1, 0.15) is 6.54 Å². The second kappa shape index (κ2) is 9.24. The lowest BCUT2D eigenvalue weighted by molar-refractivity contribution is -0.114. The van der Waals surface area contributed by atoms with Gasteiger partial charge in [-0.2, -0.15) is 0 Å². The van der Waals surface area contributed by atoms with Crippen LogP contribution >= 0.6 is 11.6 Å². The van der Waals surface area contributed by atoms with E-state index in [0.717, 1.165) is 42.4 Å². The van der Waals surface area contributed by atoms with E-state index in [2.05, 4.69) is 22.2 Å². The van der Waals surface area contributed by atoms with Gasteiger partial charge in [-0.3, -0.25) is 9.10 Å². The van der Waals surface area contributed by atoms with Crippen molar-refractivity contribution < 1.29 is 13.2 Å². The normalized spacial score (nSPS) is 15.1. The number of halogens is 1. The molecule has 7 nitrogen and oxygen atoms in total. The SMILES string of the molecule is Cc1ccc(Cl)cc1N(CC(=O)Nc1ccc(N2CCN(C)CC2)cc1)S(C)(=O)=O. The number of aryl methyl sites for hydroxylation is 1. The lowest BCUT2D eigenvalue weighted by Crippen LogP contribution is -2.44. The summed E-state index contributed by atoms with van der Waals surface area (Å²) in [5.41, 5.74) is 2.84. The summed E-state index contributed by atoms with van der Waals surface area (Å²) in [5.74, 6) is -0.424. The highest BCUT2D eigenvalue weighted by atomic mass is 35.5. The zero-order chi connectivity index (χ0) is 21.9. The molecule has 0 bridgehead atoms. The molecule has 0 spiro atoms. The Labute approximate surface area is 183 Å². The van der Waals surface area contributed by atoms with Gasteiger partial charge in [-0.05, 0) is 55.9 Å². The molecule has 162 valence electrons. The average molecular weight is 451 g/mol. The summed E-state index contributed by atoms with van der Waals surface area (Å²) in [5, 5.41) is 3.19. The third kappa shape index (κ3) is 5.65. The molecule has 2 aromatic carbocycles. The molecule has 1 fully saturated rings. The number of sulfonamides is 1. The maximum absolute atomic E-state index is 12.6. The number of carbonyl (C=O) groups excluding carboxylic acids is 1. The molecular formula is C21H27ClN4O3S. The number of nitrogens with one attached hydrogen (secondary N) is 1. The van der Waals surface area contributed by atoms with E-state index in [0.29, 0.717) is 22.0 Å². The van der Waals surface area contributed by atoms with Gasteiger partial charge in [0.05, 0.1) is 11.9 Å². The Morgan fingerprint density at radius 2 is 1.73 bits per heavy atom. The highest BCUT2D eigenvalue weighted by molar-refractivity contribution is 7.92. The van der Waals surface area contributed by atoms with Gasteiger partial charge in [0, 0.05) is 42.6 Å². The number of carbonyl (C=O) groups is 1. The number of amides is 1. The molecular weight excluding hydrogens is 424 g/mol. The summed E-state index contributed by atoms with van der Waals surface area (Å²) in [6.45, 7) is 5.40. The third-order valence-electron chi connectivity index (χ3n) is 5.15. The molecule has 1 N–H and O–H groups in total. The van der Waals surface area contributed by atoms with Gasteiger partial charge in [0.2, 0.25) is 15.9 Å². The van der Waals surface area contributed by atoms with Crippen LogP contribution in [0.25, 0.3) is 0 Å². The van der Waals surface area contributed by atoms with Crippen LogP contribution in [0.4, 0.5) is 17.1 Å². The molecule has 1 heterocycles. The summed E-state index contributed by atoms with van der Waals surface area (Å²) >= 11 is 6.04. The van der Waals surface area contributed by atoms with Crippen LogP contribution in [-0.4, -0.2) is 65.3 Å². The Balaban J connectivity index is 1.69. The molecule has 2 aromatic rings. The van der Waals surface area contributed by atoms with E-state index >= 15 is 0 Å². The Kier molecular flexibility index (Phi) is 6.90. The van der Waals surface area contributed by atoms with Gasteiger partial charge in [-0.15, -0.1) is 0 Å². The summed E-state index contributed by atoms with van der Waals surface area (Å²) < 4.78 is 25.7. The summed E-state index contributed by atoms with van der Waals surface area (Å²) in [6, 6.07) is 12.6. The van der Waals surface area contributed by atoms with Gasteiger partial charge in [-0.25, -0.2) is 8.42 Å². The van der Waals surface area contributed by atoms with Gasteiger partial charge in [0.25, 0.3) is 0 Å². The predicted molar refractivity (Wildman–Crippen MR) is 123 cm³/mol. The number of likely N-dealkylation sites (N-methyl/N-ethyl adjacent to an activating group) is 1. The summed E-state index contributed by atoms with van der Waals surface area (Å²) in [4.78, 5) is 17.2. The van der Waals surface area contributed by atoms with E-state index in [9.17, 15) is 13.2 Å². The Bertz CT molecular complexity index is 1000. The van der Waals surface area contributed by atoms with Crippen molar-refractivity contribution in [3.05, 3.63) is 53.1 Å². The number of benzene rings is 2. The molecule has 0 radical (unpaired) electrons. The third-order valence-corrected chi connectivity index (χ3v) is 6.51. The zero-order valence-electron chi connectivity index (χ0n) is 17.4. The maximum atomic E-state index is 12.6. The van der Waals surface area contributed by atoms with Gasteiger partial charge < -0.3 is 15.1 Å². The molecule has 3 rings (SSSR count). The number of hydrogen-bond acceptors (Lipinski definition) is 5. The summed E-state index contributed by atoms with van der Waals surface area (Å²) in [6.07, 6.45) is 1.07.